The second-order valence-corrected chi connectivity index (χ2v) is 6.27. The van der Waals surface area contributed by atoms with E-state index in [1.54, 1.807) is 11.1 Å². The smallest absolute Gasteiger partial charge is 0.414 e. The van der Waals surface area contributed by atoms with Crippen LogP contribution in [0.1, 0.15) is 49.9 Å². The molecule has 0 aliphatic carbocycles. The van der Waals surface area contributed by atoms with Gasteiger partial charge in [-0.15, -0.1) is 0 Å². The van der Waals surface area contributed by atoms with Gasteiger partial charge in [-0.2, -0.15) is 0 Å². The molecule has 0 radical (unpaired) electrons. The quantitative estimate of drug-likeness (QED) is 0.877. The molecular weight excluding hydrogens is 306 g/mol. The number of hydrogen-bond acceptors (Lipinski definition) is 5. The lowest BCUT2D eigenvalue weighted by molar-refractivity contribution is 0.181. The third kappa shape index (κ3) is 3.59. The van der Waals surface area contributed by atoms with Gasteiger partial charge in [0.1, 0.15) is 12.4 Å². The Kier molecular flexibility index (Phi) is 4.85. The van der Waals surface area contributed by atoms with Crippen molar-refractivity contribution in [2.45, 2.75) is 39.3 Å². The molecule has 1 fully saturated rings. The Morgan fingerprint density at radius 2 is 2.17 bits per heavy atom. The van der Waals surface area contributed by atoms with E-state index in [1.165, 1.54) is 0 Å². The number of anilines is 1. The first kappa shape index (κ1) is 16.5. The molecular formula is C18H23N3O3. The number of benzene rings is 1. The predicted octanol–water partition coefficient (Wildman–Crippen LogP) is 3.61. The maximum absolute atomic E-state index is 11.7. The summed E-state index contributed by atoms with van der Waals surface area (Å²) in [5.74, 6) is 1.92. The van der Waals surface area contributed by atoms with Crippen molar-refractivity contribution in [3.63, 3.8) is 0 Å². The van der Waals surface area contributed by atoms with E-state index in [0.29, 0.717) is 31.5 Å². The standard InChI is InChI=1S/C18H23N3O3/c1-12(2)16-10-20-17(24-16)11-19-13(3)14-5-4-6-15(9-14)21-7-8-23-18(21)22/h4-6,9-10,12-13,19H,7-8,11H2,1-3H3/t13-/m1/s1. The van der Waals surface area contributed by atoms with E-state index >= 15 is 0 Å². The highest BCUT2D eigenvalue weighted by molar-refractivity contribution is 5.89. The minimum Gasteiger partial charge on any atom is -0.447 e. The number of ether oxygens (including phenoxy) is 1. The van der Waals surface area contributed by atoms with Crippen molar-refractivity contribution < 1.29 is 13.9 Å². The average Bonchev–Trinajstić information content (AvgIpc) is 3.21. The van der Waals surface area contributed by atoms with E-state index < -0.39 is 0 Å². The van der Waals surface area contributed by atoms with Crippen molar-refractivity contribution in [2.75, 3.05) is 18.1 Å². The van der Waals surface area contributed by atoms with E-state index in [0.717, 1.165) is 17.0 Å². The number of rotatable bonds is 6. The number of aromatic nitrogens is 1. The first-order chi connectivity index (χ1) is 11.5. The molecule has 128 valence electrons. The van der Waals surface area contributed by atoms with Crippen LogP contribution >= 0.6 is 0 Å². The Morgan fingerprint density at radius 3 is 2.83 bits per heavy atom. The molecule has 2 heterocycles. The van der Waals surface area contributed by atoms with Crippen molar-refractivity contribution >= 4 is 11.8 Å². The van der Waals surface area contributed by atoms with Gasteiger partial charge < -0.3 is 14.5 Å². The van der Waals surface area contributed by atoms with E-state index in [2.05, 4.69) is 31.1 Å². The molecule has 2 aromatic rings. The third-order valence-corrected chi connectivity index (χ3v) is 4.14. The Morgan fingerprint density at radius 1 is 1.33 bits per heavy atom. The van der Waals surface area contributed by atoms with Crippen molar-refractivity contribution in [1.82, 2.24) is 10.3 Å². The summed E-state index contributed by atoms with van der Waals surface area (Å²) in [6, 6.07) is 8.04. The lowest BCUT2D eigenvalue weighted by Gasteiger charge is -2.17. The molecule has 0 bridgehead atoms. The number of nitrogens with one attached hydrogen (secondary N) is 1. The molecule has 0 saturated carbocycles. The van der Waals surface area contributed by atoms with Gasteiger partial charge in [0.15, 0.2) is 0 Å². The molecule has 1 saturated heterocycles. The minimum atomic E-state index is -0.284. The van der Waals surface area contributed by atoms with E-state index in [1.807, 2.05) is 24.3 Å². The molecule has 24 heavy (non-hydrogen) atoms. The van der Waals surface area contributed by atoms with Crippen molar-refractivity contribution in [2.24, 2.45) is 0 Å². The van der Waals surface area contributed by atoms with Gasteiger partial charge >= 0.3 is 6.09 Å². The van der Waals surface area contributed by atoms with Crippen LogP contribution in [0.4, 0.5) is 10.5 Å². The fourth-order valence-corrected chi connectivity index (χ4v) is 2.62. The number of hydrogen-bond donors (Lipinski definition) is 1. The zero-order valence-electron chi connectivity index (χ0n) is 14.3. The molecule has 1 aliphatic heterocycles. The van der Waals surface area contributed by atoms with Crippen LogP contribution in [0.2, 0.25) is 0 Å². The number of carbonyl (C=O) groups is 1. The van der Waals surface area contributed by atoms with Crippen molar-refractivity contribution in [3.05, 3.63) is 47.7 Å². The van der Waals surface area contributed by atoms with Gasteiger partial charge in [-0.1, -0.05) is 26.0 Å². The highest BCUT2D eigenvalue weighted by Gasteiger charge is 2.23. The highest BCUT2D eigenvalue weighted by Crippen LogP contribution is 2.23. The fourth-order valence-electron chi connectivity index (χ4n) is 2.62. The molecule has 1 amide bonds. The predicted molar refractivity (Wildman–Crippen MR) is 91.0 cm³/mol. The van der Waals surface area contributed by atoms with Gasteiger partial charge in [0.25, 0.3) is 0 Å². The summed E-state index contributed by atoms with van der Waals surface area (Å²) >= 11 is 0. The molecule has 1 aromatic carbocycles. The highest BCUT2D eigenvalue weighted by atomic mass is 16.6. The van der Waals surface area contributed by atoms with E-state index in [-0.39, 0.29) is 12.1 Å². The summed E-state index contributed by atoms with van der Waals surface area (Å²) in [5.41, 5.74) is 1.96. The van der Waals surface area contributed by atoms with Gasteiger partial charge in [0.05, 0.1) is 19.3 Å². The van der Waals surface area contributed by atoms with Gasteiger partial charge in [0.2, 0.25) is 5.89 Å². The molecule has 1 N–H and O–H groups in total. The van der Waals surface area contributed by atoms with E-state index in [4.69, 9.17) is 9.15 Å². The van der Waals surface area contributed by atoms with E-state index in [9.17, 15) is 4.79 Å². The third-order valence-electron chi connectivity index (χ3n) is 4.14. The number of nitrogens with zero attached hydrogens (tertiary/aromatic N) is 2. The van der Waals surface area contributed by atoms with Crippen LogP contribution in [0.3, 0.4) is 0 Å². The zero-order valence-corrected chi connectivity index (χ0v) is 14.3. The number of cyclic esters (lactones) is 1. The SMILES string of the molecule is CC(C)c1cnc(CN[C@H](C)c2cccc(N3CCOC3=O)c2)o1. The monoisotopic (exact) mass is 329 g/mol. The van der Waals surface area contributed by atoms with Crippen molar-refractivity contribution in [1.29, 1.82) is 0 Å². The summed E-state index contributed by atoms with van der Waals surface area (Å²) in [4.78, 5) is 17.6. The summed E-state index contributed by atoms with van der Waals surface area (Å²) < 4.78 is 10.7. The Labute approximate surface area is 141 Å². The average molecular weight is 329 g/mol. The second-order valence-electron chi connectivity index (χ2n) is 6.27. The number of amides is 1. The summed E-state index contributed by atoms with van der Waals surface area (Å²) in [6.45, 7) is 7.83. The Balaban J connectivity index is 1.64. The fraction of sp³-hybridized carbons (Fsp3) is 0.444. The molecule has 3 rings (SSSR count). The summed E-state index contributed by atoms with van der Waals surface area (Å²) in [6.07, 6.45) is 1.50. The molecule has 1 aromatic heterocycles. The van der Waals surface area contributed by atoms with Gasteiger partial charge in [-0.25, -0.2) is 9.78 Å². The van der Waals surface area contributed by atoms with Crippen LogP contribution in [-0.2, 0) is 11.3 Å². The summed E-state index contributed by atoms with van der Waals surface area (Å²) in [7, 11) is 0. The topological polar surface area (TPSA) is 67.6 Å². The van der Waals surface area contributed by atoms with Crippen LogP contribution in [0.25, 0.3) is 0 Å². The maximum Gasteiger partial charge on any atom is 0.414 e. The molecule has 0 unspecified atom stereocenters. The Hall–Kier alpha value is -2.34. The molecule has 1 aliphatic rings. The van der Waals surface area contributed by atoms with Crippen LogP contribution in [0.15, 0.2) is 34.9 Å². The lowest BCUT2D eigenvalue weighted by atomic mass is 10.1. The van der Waals surface area contributed by atoms with Crippen LogP contribution < -0.4 is 10.2 Å². The summed E-state index contributed by atoms with van der Waals surface area (Å²) in [5, 5.41) is 3.41. The molecule has 0 spiro atoms. The number of carbonyl (C=O) groups excluding carboxylic acids is 1. The van der Waals surface area contributed by atoms with Crippen molar-refractivity contribution in [3.8, 4) is 0 Å². The Bertz CT molecular complexity index is 711. The van der Waals surface area contributed by atoms with Gasteiger partial charge in [-0.3, -0.25) is 4.90 Å². The zero-order chi connectivity index (χ0) is 17.1. The van der Waals surface area contributed by atoms with Crippen LogP contribution in [0.5, 0.6) is 0 Å². The number of oxazole rings is 1. The lowest BCUT2D eigenvalue weighted by Crippen LogP contribution is -2.24. The van der Waals surface area contributed by atoms with Crippen LogP contribution in [-0.4, -0.2) is 24.2 Å². The first-order valence-electron chi connectivity index (χ1n) is 8.27. The second kappa shape index (κ2) is 7.05. The maximum atomic E-state index is 11.7. The normalized spacial score (nSPS) is 15.8. The van der Waals surface area contributed by atoms with Crippen LogP contribution in [0, 0.1) is 0 Å². The largest absolute Gasteiger partial charge is 0.447 e. The molecule has 6 nitrogen and oxygen atoms in total. The minimum absolute atomic E-state index is 0.109. The first-order valence-corrected chi connectivity index (χ1v) is 8.27. The van der Waals surface area contributed by atoms with Gasteiger partial charge in [0, 0.05) is 17.6 Å². The molecule has 1 atom stereocenters. The van der Waals surface area contributed by atoms with Gasteiger partial charge in [-0.05, 0) is 24.6 Å². The molecule has 6 heteroatoms.